The average Bonchev–Trinajstić information content (AvgIpc) is 2.86. The quantitative estimate of drug-likeness (QED) is 0.379. The van der Waals surface area contributed by atoms with E-state index in [4.69, 9.17) is 0 Å². The topological polar surface area (TPSA) is 40.5 Å². The standard InChI is InChI=1S/C19H22O2.I2/c1-11-3-6-17-15-10-18(21)16-9-12(20)4-5-13(16)14(15)7-8-19(11,17)2;1-2/h4-5,9-11,17,20-21H,3,6-8H2,1-2H3;. The molecule has 23 heavy (non-hydrogen) atoms. The minimum atomic E-state index is 0.216. The van der Waals surface area contributed by atoms with Gasteiger partial charge in [-0.15, -0.1) is 0 Å². The fourth-order valence-electron chi connectivity index (χ4n) is 4.81. The summed E-state index contributed by atoms with van der Waals surface area (Å²) in [7, 11) is 0. The lowest BCUT2D eigenvalue weighted by Gasteiger charge is -2.41. The van der Waals surface area contributed by atoms with Crippen molar-refractivity contribution < 1.29 is 10.2 Å². The van der Waals surface area contributed by atoms with Crippen LogP contribution in [0.15, 0.2) is 24.3 Å². The van der Waals surface area contributed by atoms with E-state index >= 15 is 0 Å². The van der Waals surface area contributed by atoms with Gasteiger partial charge in [0.25, 0.3) is 0 Å². The first-order valence-corrected chi connectivity index (χ1v) is 14.4. The van der Waals surface area contributed by atoms with Gasteiger partial charge in [-0.1, -0.05) is 19.9 Å². The smallest absolute Gasteiger partial charge is 0.123 e. The predicted octanol–water partition coefficient (Wildman–Crippen LogP) is 6.49. The molecule has 2 aromatic carbocycles. The minimum absolute atomic E-state index is 0.216. The number of aryl methyl sites for hydroxylation is 1. The molecule has 3 atom stereocenters. The normalized spacial score (nSPS) is 28.7. The lowest BCUT2D eigenvalue weighted by atomic mass is 9.63. The van der Waals surface area contributed by atoms with Crippen LogP contribution in [0.3, 0.4) is 0 Å². The molecule has 0 aliphatic heterocycles. The van der Waals surface area contributed by atoms with Gasteiger partial charge in [0.2, 0.25) is 0 Å². The summed E-state index contributed by atoms with van der Waals surface area (Å²) in [4.78, 5) is 0. The largest absolute Gasteiger partial charge is 0.508 e. The van der Waals surface area contributed by atoms with Gasteiger partial charge in [0.15, 0.2) is 0 Å². The highest BCUT2D eigenvalue weighted by atomic mass is 128. The molecule has 0 amide bonds. The molecule has 1 fully saturated rings. The number of hydrogen-bond acceptors (Lipinski definition) is 2. The highest BCUT2D eigenvalue weighted by Gasteiger charge is 2.47. The zero-order valence-electron chi connectivity index (χ0n) is 13.4. The Balaban J connectivity index is 0.000000753. The maximum absolute atomic E-state index is 10.4. The van der Waals surface area contributed by atoms with Crippen molar-refractivity contribution in [3.8, 4) is 11.5 Å². The third kappa shape index (κ3) is 2.73. The molecular formula is C19H22I2O2. The van der Waals surface area contributed by atoms with Crippen LogP contribution in [0.25, 0.3) is 10.8 Å². The summed E-state index contributed by atoms with van der Waals surface area (Å²) in [6.45, 7) is 4.81. The number of phenols is 2. The van der Waals surface area contributed by atoms with E-state index in [0.717, 1.165) is 23.1 Å². The van der Waals surface area contributed by atoms with E-state index in [-0.39, 0.29) is 5.75 Å². The van der Waals surface area contributed by atoms with E-state index in [2.05, 4.69) is 51.1 Å². The van der Waals surface area contributed by atoms with Gasteiger partial charge >= 0.3 is 0 Å². The van der Waals surface area contributed by atoms with Crippen LogP contribution < -0.4 is 0 Å². The molecule has 2 aromatic rings. The molecule has 3 unspecified atom stereocenters. The second-order valence-corrected chi connectivity index (χ2v) is 7.23. The summed E-state index contributed by atoms with van der Waals surface area (Å²) in [5, 5.41) is 22.0. The summed E-state index contributed by atoms with van der Waals surface area (Å²) >= 11 is 4.24. The van der Waals surface area contributed by atoms with Crippen LogP contribution in [0, 0.1) is 11.3 Å². The Hall–Kier alpha value is -0.240. The highest BCUT2D eigenvalue weighted by molar-refractivity contribution is 15.0. The molecule has 0 bridgehead atoms. The van der Waals surface area contributed by atoms with Crippen LogP contribution in [0.1, 0.15) is 50.2 Å². The van der Waals surface area contributed by atoms with Crippen molar-refractivity contribution >= 4 is 48.0 Å². The van der Waals surface area contributed by atoms with Gasteiger partial charge in [0.05, 0.1) is 0 Å². The zero-order valence-corrected chi connectivity index (χ0v) is 17.8. The zero-order chi connectivity index (χ0) is 16.8. The number of rotatable bonds is 0. The van der Waals surface area contributed by atoms with Crippen molar-refractivity contribution in [2.45, 2.75) is 45.4 Å². The summed E-state index contributed by atoms with van der Waals surface area (Å²) in [5.74, 6) is 1.85. The summed E-state index contributed by atoms with van der Waals surface area (Å²) in [6.07, 6.45) is 4.82. The molecule has 2 aliphatic rings. The average molecular weight is 536 g/mol. The third-order valence-electron chi connectivity index (χ3n) is 6.34. The van der Waals surface area contributed by atoms with Crippen molar-refractivity contribution in [2.75, 3.05) is 0 Å². The second kappa shape index (κ2) is 6.58. The Morgan fingerprint density at radius 2 is 1.83 bits per heavy atom. The Morgan fingerprint density at radius 1 is 1.09 bits per heavy atom. The number of hydrogen-bond donors (Lipinski definition) is 2. The predicted molar refractivity (Wildman–Crippen MR) is 113 cm³/mol. The summed E-state index contributed by atoms with van der Waals surface area (Å²) in [5.41, 5.74) is 3.12. The van der Waals surface area contributed by atoms with Gasteiger partial charge in [-0.05, 0) is 77.6 Å². The minimum Gasteiger partial charge on any atom is -0.508 e. The molecule has 2 nitrogen and oxygen atoms in total. The van der Waals surface area contributed by atoms with Crippen LogP contribution in [0.4, 0.5) is 0 Å². The first-order chi connectivity index (χ1) is 11.0. The van der Waals surface area contributed by atoms with Gasteiger partial charge < -0.3 is 10.2 Å². The van der Waals surface area contributed by atoms with Gasteiger partial charge in [-0.25, -0.2) is 0 Å². The molecule has 0 heterocycles. The molecule has 0 saturated heterocycles. The van der Waals surface area contributed by atoms with E-state index < -0.39 is 0 Å². The number of benzene rings is 2. The Morgan fingerprint density at radius 3 is 2.57 bits per heavy atom. The molecule has 0 spiro atoms. The molecule has 0 aromatic heterocycles. The molecule has 2 N–H and O–H groups in total. The van der Waals surface area contributed by atoms with Crippen molar-refractivity contribution in [3.05, 3.63) is 35.4 Å². The first kappa shape index (κ1) is 17.6. The van der Waals surface area contributed by atoms with Gasteiger partial charge in [-0.3, -0.25) is 0 Å². The number of aromatic hydroxyl groups is 2. The highest BCUT2D eigenvalue weighted by Crippen LogP contribution is 2.59. The van der Waals surface area contributed by atoms with Crippen LogP contribution in [0.2, 0.25) is 0 Å². The van der Waals surface area contributed by atoms with E-state index in [1.165, 1.54) is 30.4 Å². The van der Waals surface area contributed by atoms with Gasteiger partial charge in [0.1, 0.15) is 11.5 Å². The molecule has 2 aliphatic carbocycles. The van der Waals surface area contributed by atoms with Crippen molar-refractivity contribution in [1.29, 1.82) is 0 Å². The molecule has 4 heteroatoms. The van der Waals surface area contributed by atoms with Crippen LogP contribution in [-0.2, 0) is 6.42 Å². The van der Waals surface area contributed by atoms with Crippen LogP contribution in [0.5, 0.6) is 11.5 Å². The maximum Gasteiger partial charge on any atom is 0.123 e. The Bertz CT molecular complexity index is 744. The molecule has 0 radical (unpaired) electrons. The SMILES string of the molecule is CC1CCC2c3cc(O)c4cc(O)ccc4c3CCC12C.II. The first-order valence-electron chi connectivity index (χ1n) is 8.12. The van der Waals surface area contributed by atoms with E-state index in [1.54, 1.807) is 12.1 Å². The summed E-state index contributed by atoms with van der Waals surface area (Å²) < 4.78 is 0. The van der Waals surface area contributed by atoms with E-state index in [1.807, 2.05) is 12.1 Å². The number of halogens is 2. The number of phenolic OH excluding ortho intramolecular Hbond substituents is 2. The molecule has 4 rings (SSSR count). The maximum atomic E-state index is 10.4. The third-order valence-corrected chi connectivity index (χ3v) is 6.34. The van der Waals surface area contributed by atoms with Crippen molar-refractivity contribution in [3.63, 3.8) is 0 Å². The van der Waals surface area contributed by atoms with Crippen molar-refractivity contribution in [1.82, 2.24) is 0 Å². The Kier molecular flexibility index (Phi) is 5.03. The van der Waals surface area contributed by atoms with Gasteiger partial charge in [-0.2, -0.15) is 0 Å². The second-order valence-electron chi connectivity index (χ2n) is 7.23. The Labute approximate surface area is 161 Å². The molecular weight excluding hydrogens is 514 g/mol. The lowest BCUT2D eigenvalue weighted by molar-refractivity contribution is 0.186. The molecule has 124 valence electrons. The lowest BCUT2D eigenvalue weighted by Crippen LogP contribution is -2.31. The van der Waals surface area contributed by atoms with Crippen LogP contribution in [-0.4, -0.2) is 10.2 Å². The summed E-state index contributed by atoms with van der Waals surface area (Å²) in [6, 6.07) is 7.34. The monoisotopic (exact) mass is 536 g/mol. The fraction of sp³-hybridized carbons (Fsp3) is 0.474. The number of fused-ring (bicyclic) bond motifs is 5. The van der Waals surface area contributed by atoms with Crippen LogP contribution >= 0.6 is 37.2 Å². The fourth-order valence-corrected chi connectivity index (χ4v) is 4.81. The molecule has 1 saturated carbocycles. The van der Waals surface area contributed by atoms with Gasteiger partial charge in [0, 0.05) is 42.6 Å². The van der Waals surface area contributed by atoms with E-state index in [0.29, 0.717) is 17.1 Å². The van der Waals surface area contributed by atoms with E-state index in [9.17, 15) is 10.2 Å². The van der Waals surface area contributed by atoms with Crippen molar-refractivity contribution in [2.24, 2.45) is 11.3 Å².